The summed E-state index contributed by atoms with van der Waals surface area (Å²) in [6, 6.07) is 31.2. The molecule has 3 atom stereocenters. The summed E-state index contributed by atoms with van der Waals surface area (Å²) in [6.07, 6.45) is -13.2. The molecule has 12 rings (SSSR count). The van der Waals surface area contributed by atoms with Crippen molar-refractivity contribution in [2.75, 3.05) is 106 Å². The van der Waals surface area contributed by atoms with Crippen LogP contribution in [0.3, 0.4) is 0 Å². The first-order chi connectivity index (χ1) is 65.9. The Labute approximate surface area is 852 Å². The van der Waals surface area contributed by atoms with Gasteiger partial charge in [-0.3, -0.25) is 58.1 Å². The van der Waals surface area contributed by atoms with Crippen LogP contribution in [0.25, 0.3) is 0 Å². The minimum Gasteiger partial charge on any atom is -0.462 e. The quantitative estimate of drug-likeness (QED) is 0.00874. The van der Waals surface area contributed by atoms with Crippen LogP contribution in [-0.2, 0) is 117 Å². The van der Waals surface area contributed by atoms with Crippen LogP contribution in [0.1, 0.15) is 142 Å². The maximum atomic E-state index is 13.3. The molecule has 6 aromatic carbocycles. The number of nitrogens with one attached hydrogen (secondary N) is 4. The lowest BCUT2D eigenvalue weighted by Crippen LogP contribution is -2.50. The normalized spacial score (nSPS) is 16.4. The highest BCUT2D eigenvalue weighted by molar-refractivity contribution is 8.13. The van der Waals surface area contributed by atoms with E-state index in [2.05, 4.69) is 50.5 Å². The van der Waals surface area contributed by atoms with Crippen LogP contribution in [0.2, 0.25) is 0 Å². The third-order valence-corrected chi connectivity index (χ3v) is 27.9. The van der Waals surface area contributed by atoms with Gasteiger partial charge in [-0.25, -0.2) is 33.9 Å². The predicted molar refractivity (Wildman–Crippen MR) is 528 cm³/mol. The fraction of sp³-hybridized carbons (Fsp3) is 0.478. The second kappa shape index (κ2) is 54.1. The number of esters is 4. The minimum absolute atomic E-state index is 0. The number of rotatable bonds is 33. The second-order valence-electron chi connectivity index (χ2n) is 33.4. The van der Waals surface area contributed by atoms with Gasteiger partial charge in [0.2, 0.25) is 40.9 Å². The fourth-order valence-electron chi connectivity index (χ4n) is 15.7. The number of benzene rings is 6. The molecule has 144 heavy (non-hydrogen) atoms. The number of piperidine rings is 3. The van der Waals surface area contributed by atoms with Crippen molar-refractivity contribution in [3.05, 3.63) is 183 Å². The monoisotopic (exact) mass is 2170 g/mol. The molecule has 6 aliphatic heterocycles. The number of ether oxygens (including phenoxy) is 7. The molecule has 0 aliphatic carbocycles. The summed E-state index contributed by atoms with van der Waals surface area (Å²) >= 11 is 0. The highest BCUT2D eigenvalue weighted by Crippen LogP contribution is 2.38. The Morgan fingerprint density at radius 2 is 0.757 bits per heavy atom. The average Bonchev–Trinajstić information content (AvgIpc) is 1.63. The molecule has 0 unspecified atom stereocenters. The van der Waals surface area contributed by atoms with E-state index >= 15 is 0 Å². The Hall–Kier alpha value is -10.7. The van der Waals surface area contributed by atoms with Gasteiger partial charge in [-0.2, -0.15) is 40.5 Å². The Bertz CT molecular complexity index is 5920. The number of alkyl halides is 9. The summed E-state index contributed by atoms with van der Waals surface area (Å²) in [6.45, 7) is 14.0. The molecule has 5 amide bonds. The number of aliphatic imine (C=N–C) groups is 3. The van der Waals surface area contributed by atoms with Crippen LogP contribution in [0, 0.1) is 20.8 Å². The van der Waals surface area contributed by atoms with E-state index in [1.807, 2.05) is 25.1 Å². The molecule has 7 N–H and O–H groups in total. The molecule has 6 aromatic rings. The zero-order valence-corrected chi connectivity index (χ0v) is 86.2. The molecule has 0 aromatic heterocycles. The summed E-state index contributed by atoms with van der Waals surface area (Å²) in [5.74, 6) is -4.62. The van der Waals surface area contributed by atoms with Crippen molar-refractivity contribution in [1.82, 2.24) is 29.9 Å². The fourth-order valence-corrected chi connectivity index (χ4v) is 19.4. The van der Waals surface area contributed by atoms with Gasteiger partial charge in [-0.15, -0.1) is 39.5 Å². The van der Waals surface area contributed by atoms with Gasteiger partial charge >= 0.3 is 43.0 Å². The third-order valence-electron chi connectivity index (χ3n) is 23.0. The molecule has 796 valence electrons. The maximum absolute atomic E-state index is 13.3. The number of aryl methyl sites for hydroxylation is 7. The lowest BCUT2D eigenvalue weighted by atomic mass is 9.89. The van der Waals surface area contributed by atoms with Crippen LogP contribution in [0.4, 0.5) is 50.9 Å². The lowest BCUT2D eigenvalue weighted by molar-refractivity contribution is -0.275. The second-order valence-corrected chi connectivity index (χ2v) is 40.5. The molecule has 6 heterocycles. The zero-order valence-electron chi connectivity index (χ0n) is 80.0. The number of halogens is 10. The van der Waals surface area contributed by atoms with E-state index in [1.54, 1.807) is 50.2 Å². The van der Waals surface area contributed by atoms with E-state index in [-0.39, 0.29) is 196 Å². The number of sulfonamides is 2. The van der Waals surface area contributed by atoms with Crippen LogP contribution in [0.15, 0.2) is 142 Å². The topological polar surface area (TPSA) is 480 Å². The number of carbonyl (C=O) groups is 9. The summed E-state index contributed by atoms with van der Waals surface area (Å²) in [4.78, 5) is 124. The smallest absolute Gasteiger partial charge is 0.462 e. The van der Waals surface area contributed by atoms with E-state index in [0.29, 0.717) is 79.1 Å². The standard InChI is InChI=1S/C32H37F3N4O9S.C27H32F3N3O6S.C18H24ClNO7S.C14H14F3N3O2.CH4O.3H2S/c1-20-17-26(39(21(2)40)18-28(47-23(4)42)19-46-22(3)41)8-5-24(20)11-16-49(44,45)38-14-12-31(13-15-38)30(43)36-29(37-31)25-6-9-27(10-7-25)48-32(33,34)35;1-18-16-19(3-7-22(35)17-34)2-4-20(18)10-15-40(37,38)33-13-11-26(12-14-33)25(36)31-24(32-26)21-5-8-23(9-6-21)39-27(28,29)30;1-12-9-17(6-5-16(12)7-8-28(19,24)25)20(13(2)21)10-18(27-15(4)23)11-26-14(3)22;15-14(16,17)22-10-3-1-9(2-4-10)11-19-12(21)13(20-11)5-7-18-8-6-13;1-2;;;/h5-10,17,28H,11-16,18-19H2,1-4H3,(H,36,37,43);2,4-6,8-9,16,22,34-35H,3,7,10-15,17H2,1H3,(H,31,32,36);5-6,9,18H,7-8,10-11H2,1-4H3;1-4,18H,5-8H2,(H,19,20,21);2H,1H3;3*1H2/t28-;22-;18-;;;;;/m001...../s1. The van der Waals surface area contributed by atoms with E-state index in [1.165, 1.54) is 108 Å². The summed E-state index contributed by atoms with van der Waals surface area (Å²) in [5.41, 5.74) is 5.20. The third kappa shape index (κ3) is 37.6. The number of aliphatic hydroxyl groups excluding tert-OH is 3. The number of nitrogens with zero attached hydrogens (tertiary/aromatic N) is 7. The number of aliphatic hydroxyl groups is 3. The molecule has 0 bridgehead atoms. The van der Waals surface area contributed by atoms with Crippen LogP contribution in [0.5, 0.6) is 17.2 Å². The molecule has 0 radical (unpaired) electrons. The number of amidine groups is 3. The van der Waals surface area contributed by atoms with Crippen molar-refractivity contribution in [3.63, 3.8) is 0 Å². The number of hydrogen-bond acceptors (Lipinski definition) is 29. The molecule has 36 nitrogen and oxygen atoms in total. The van der Waals surface area contributed by atoms with E-state index in [4.69, 9.17) is 39.8 Å². The number of hydrogen-bond donors (Lipinski definition) is 7. The summed E-state index contributed by atoms with van der Waals surface area (Å²) in [7, 11) is -4.68. The van der Waals surface area contributed by atoms with Crippen molar-refractivity contribution >= 4 is 163 Å². The molecule has 0 saturated carbocycles. The summed E-state index contributed by atoms with van der Waals surface area (Å²) in [5, 5.41) is 36.7. The van der Waals surface area contributed by atoms with E-state index in [0.717, 1.165) is 70.3 Å². The van der Waals surface area contributed by atoms with Crippen LogP contribution < -0.4 is 45.3 Å². The SMILES string of the molecule is CC(=O)OC[C@@H](CN(C(C)=O)c1ccc(CCS(=O)(=O)Cl)c(C)c1)OC(C)=O.CC(=O)OC[C@H](CN(C(C)=O)c1ccc(CCS(=O)(=O)N2CCC3(CC2)N=C(c2ccc(OC(F)(F)F)cc2)NC3=O)c(C)c1)OC(C)=O.CO.Cc1cc(CC[C@H](O)CO)ccc1CCS(=O)(=O)N1CCC2(CC1)N=C(c1ccc(OC(F)(F)F)cc1)NC2=O.O=C1NC(c2ccc(OC(F)(F)F)cc2)=NC12CCNCC2.S.S.S. The number of amides is 5. The Kier molecular flexibility index (Phi) is 46.5. The van der Waals surface area contributed by atoms with Gasteiger partial charge in [0.15, 0.2) is 12.2 Å². The molecule has 3 fully saturated rings. The first kappa shape index (κ1) is 124. The predicted octanol–water partition coefficient (Wildman–Crippen LogP) is 8.97. The Morgan fingerprint density at radius 3 is 1.03 bits per heavy atom. The van der Waals surface area contributed by atoms with Crippen molar-refractivity contribution in [3.8, 4) is 17.2 Å². The highest BCUT2D eigenvalue weighted by atomic mass is 35.7. The van der Waals surface area contributed by atoms with Gasteiger partial charge in [0.05, 0.1) is 43.1 Å². The van der Waals surface area contributed by atoms with Gasteiger partial charge < -0.3 is 79.5 Å². The first-order valence-corrected chi connectivity index (χ1v) is 49.7. The molecule has 3 saturated heterocycles. The highest BCUT2D eigenvalue weighted by Gasteiger charge is 2.50. The van der Waals surface area contributed by atoms with Crippen molar-refractivity contribution in [2.45, 2.75) is 187 Å². The largest absolute Gasteiger partial charge is 0.573 e. The maximum Gasteiger partial charge on any atom is 0.573 e. The molecule has 3 spiro atoms. The van der Waals surface area contributed by atoms with Gasteiger partial charge in [0.1, 0.15) is 64.6 Å². The van der Waals surface area contributed by atoms with Crippen LogP contribution in [-0.4, -0.2) is 271 Å². The Balaban J connectivity index is 0.000000347. The molecular formula is C92H117ClF9N11O25S6. The van der Waals surface area contributed by atoms with E-state index in [9.17, 15) is 113 Å². The van der Waals surface area contributed by atoms with Gasteiger partial charge in [-0.1, -0.05) is 30.3 Å². The van der Waals surface area contributed by atoms with Gasteiger partial charge in [-0.05, 0) is 240 Å². The molecule has 52 heteroatoms. The molecular weight excluding hydrogens is 2060 g/mol. The van der Waals surface area contributed by atoms with Crippen LogP contribution >= 0.6 is 51.2 Å². The number of anilines is 2. The molecule has 6 aliphatic rings. The van der Waals surface area contributed by atoms with Crippen molar-refractivity contribution < 1.29 is 156 Å². The lowest BCUT2D eigenvalue weighted by Gasteiger charge is -2.34. The van der Waals surface area contributed by atoms with Gasteiger partial charge in [0.25, 0.3) is 17.7 Å². The minimum atomic E-state index is -4.84. The zero-order chi connectivity index (χ0) is 105. The Morgan fingerprint density at radius 1 is 0.451 bits per heavy atom. The summed E-state index contributed by atoms with van der Waals surface area (Å²) < 4.78 is 221. The van der Waals surface area contributed by atoms with Gasteiger partial charge in [0, 0.05) is 114 Å². The van der Waals surface area contributed by atoms with Crippen molar-refractivity contribution in [1.29, 1.82) is 0 Å². The first-order valence-electron chi connectivity index (χ1n) is 44.0. The average molecular weight is 2180 g/mol. The van der Waals surface area contributed by atoms with E-state index < -0.39 is 124 Å². The van der Waals surface area contributed by atoms with Crippen molar-refractivity contribution in [2.24, 2.45) is 15.0 Å². The number of carbonyl (C=O) groups excluding carboxylic acids is 9.